The molecule has 2 aliphatic rings. The fraction of sp³-hybridized carbons (Fsp3) is 0.652. The summed E-state index contributed by atoms with van der Waals surface area (Å²) in [5, 5.41) is 4.14. The fourth-order valence-electron chi connectivity index (χ4n) is 3.95. The maximum Gasteiger partial charge on any atom is 0.407 e. The minimum absolute atomic E-state index is 0.151. The Kier molecular flexibility index (Phi) is 7.64. The van der Waals surface area contributed by atoms with Crippen LogP contribution in [0, 0.1) is 12.3 Å². The number of amides is 1. The van der Waals surface area contributed by atoms with Gasteiger partial charge in [-0.1, -0.05) is 13.3 Å². The van der Waals surface area contributed by atoms with E-state index in [2.05, 4.69) is 17.2 Å². The van der Waals surface area contributed by atoms with Gasteiger partial charge < -0.3 is 25.5 Å². The SMILES string of the molecule is CCC1(COC(=O)NC/C(=C(/N)c2ccc(OC3CCCCC3)c(C)n2)N(C)N)CC1. The number of hydrogen-bond donors (Lipinski definition) is 3. The standard InChI is InChI=1S/C23H37N5O3/c1-4-23(12-13-23)15-30-22(29)26-14-19(28(3)25)21(24)18-10-11-20(16(2)27-18)31-17-8-6-5-7-9-17/h10-11,17H,4-9,12-15,24-25H2,1-3H3,(H,26,29)/b21-19-. The van der Waals surface area contributed by atoms with Gasteiger partial charge in [0.1, 0.15) is 5.75 Å². The fourth-order valence-corrected chi connectivity index (χ4v) is 3.95. The molecule has 1 amide bonds. The second kappa shape index (κ2) is 10.2. The molecule has 2 fully saturated rings. The van der Waals surface area contributed by atoms with Crippen LogP contribution in [0.1, 0.15) is 69.7 Å². The second-order valence-corrected chi connectivity index (χ2v) is 8.91. The highest BCUT2D eigenvalue weighted by molar-refractivity contribution is 5.69. The lowest BCUT2D eigenvalue weighted by molar-refractivity contribution is 0.119. The average Bonchev–Trinajstić information content (AvgIpc) is 3.55. The van der Waals surface area contributed by atoms with Crippen molar-refractivity contribution in [2.24, 2.45) is 17.0 Å². The molecule has 3 rings (SSSR count). The third-order valence-corrected chi connectivity index (χ3v) is 6.51. The monoisotopic (exact) mass is 431 g/mol. The molecule has 1 aromatic heterocycles. The number of hydrazine groups is 1. The molecule has 0 aromatic carbocycles. The van der Waals surface area contributed by atoms with Gasteiger partial charge in [-0.15, -0.1) is 0 Å². The molecule has 8 nitrogen and oxygen atoms in total. The summed E-state index contributed by atoms with van der Waals surface area (Å²) in [7, 11) is 1.68. The van der Waals surface area contributed by atoms with Crippen molar-refractivity contribution in [3.05, 3.63) is 29.2 Å². The van der Waals surface area contributed by atoms with E-state index in [4.69, 9.17) is 21.1 Å². The second-order valence-electron chi connectivity index (χ2n) is 8.91. The number of nitrogens with one attached hydrogen (secondary N) is 1. The minimum atomic E-state index is -0.466. The van der Waals surface area contributed by atoms with E-state index in [0.717, 1.165) is 43.5 Å². The van der Waals surface area contributed by atoms with E-state index in [-0.39, 0.29) is 18.1 Å². The summed E-state index contributed by atoms with van der Waals surface area (Å²) < 4.78 is 11.5. The Bertz CT molecular complexity index is 798. The number of carbonyl (C=O) groups excluding carboxylic acids is 1. The van der Waals surface area contributed by atoms with Crippen molar-refractivity contribution in [1.82, 2.24) is 15.3 Å². The number of ether oxygens (including phenoxy) is 2. The van der Waals surface area contributed by atoms with Crippen molar-refractivity contribution in [3.63, 3.8) is 0 Å². The molecule has 1 aromatic rings. The Labute approximate surface area is 185 Å². The van der Waals surface area contributed by atoms with Crippen LogP contribution in [0.15, 0.2) is 17.8 Å². The number of likely N-dealkylation sites (N-methyl/N-ethyl adjacent to an activating group) is 1. The van der Waals surface area contributed by atoms with Crippen LogP contribution in [-0.4, -0.2) is 42.4 Å². The predicted molar refractivity (Wildman–Crippen MR) is 121 cm³/mol. The molecule has 1 heterocycles. The maximum absolute atomic E-state index is 12.1. The van der Waals surface area contributed by atoms with Gasteiger partial charge in [-0.25, -0.2) is 15.6 Å². The molecule has 5 N–H and O–H groups in total. The van der Waals surface area contributed by atoms with Crippen LogP contribution in [0.2, 0.25) is 0 Å². The molecule has 8 heteroatoms. The molecular weight excluding hydrogens is 394 g/mol. The van der Waals surface area contributed by atoms with Crippen LogP contribution in [0.3, 0.4) is 0 Å². The Hall–Kier alpha value is -2.48. The summed E-state index contributed by atoms with van der Waals surface area (Å²) in [5.41, 5.74) is 8.89. The molecule has 0 bridgehead atoms. The van der Waals surface area contributed by atoms with E-state index in [1.54, 1.807) is 7.05 Å². The van der Waals surface area contributed by atoms with Gasteiger partial charge in [0, 0.05) is 12.5 Å². The van der Waals surface area contributed by atoms with Crippen LogP contribution < -0.4 is 21.6 Å². The van der Waals surface area contributed by atoms with Crippen molar-refractivity contribution in [2.75, 3.05) is 20.2 Å². The molecule has 2 aliphatic carbocycles. The molecule has 31 heavy (non-hydrogen) atoms. The van der Waals surface area contributed by atoms with Crippen molar-refractivity contribution >= 4 is 11.8 Å². The molecule has 0 saturated heterocycles. The lowest BCUT2D eigenvalue weighted by atomic mass is 9.98. The number of rotatable bonds is 9. The average molecular weight is 432 g/mol. The van der Waals surface area contributed by atoms with Crippen LogP contribution in [0.25, 0.3) is 5.70 Å². The number of aryl methyl sites for hydroxylation is 1. The first-order valence-corrected chi connectivity index (χ1v) is 11.4. The van der Waals surface area contributed by atoms with Gasteiger partial charge in [-0.05, 0) is 64.0 Å². The first-order chi connectivity index (χ1) is 14.8. The van der Waals surface area contributed by atoms with Gasteiger partial charge in [0.15, 0.2) is 0 Å². The molecule has 0 atom stereocenters. The molecular formula is C23H37N5O3. The van der Waals surface area contributed by atoms with Crippen LogP contribution in [-0.2, 0) is 4.74 Å². The summed E-state index contributed by atoms with van der Waals surface area (Å²) in [6.45, 7) is 4.64. The van der Waals surface area contributed by atoms with Crippen molar-refractivity contribution < 1.29 is 14.3 Å². The summed E-state index contributed by atoms with van der Waals surface area (Å²) in [4.78, 5) is 16.7. The number of nitrogens with zero attached hydrogens (tertiary/aromatic N) is 2. The number of pyridine rings is 1. The van der Waals surface area contributed by atoms with Crippen molar-refractivity contribution in [2.45, 2.75) is 71.3 Å². The first-order valence-electron chi connectivity index (χ1n) is 11.4. The van der Waals surface area contributed by atoms with Gasteiger partial charge in [0.05, 0.1) is 42.0 Å². The van der Waals surface area contributed by atoms with Crippen molar-refractivity contribution in [1.29, 1.82) is 0 Å². The summed E-state index contributed by atoms with van der Waals surface area (Å²) in [6.07, 6.45) is 8.95. The Morgan fingerprint density at radius 2 is 2.00 bits per heavy atom. The van der Waals surface area contributed by atoms with E-state index in [1.165, 1.54) is 24.3 Å². The highest BCUT2D eigenvalue weighted by Gasteiger charge is 2.41. The van der Waals surface area contributed by atoms with Gasteiger partial charge in [0.25, 0.3) is 0 Å². The predicted octanol–water partition coefficient (Wildman–Crippen LogP) is 3.45. The highest BCUT2D eigenvalue weighted by Crippen LogP contribution is 2.48. The third kappa shape index (κ3) is 6.26. The van der Waals surface area contributed by atoms with E-state index in [9.17, 15) is 4.79 Å². The number of nitrogens with two attached hydrogens (primary N) is 2. The maximum atomic E-state index is 12.1. The largest absolute Gasteiger partial charge is 0.489 e. The van der Waals surface area contributed by atoms with Crippen LogP contribution >= 0.6 is 0 Å². The number of aromatic nitrogens is 1. The highest BCUT2D eigenvalue weighted by atomic mass is 16.5. The molecule has 0 radical (unpaired) electrons. The van der Waals surface area contributed by atoms with Crippen LogP contribution in [0.4, 0.5) is 4.79 Å². The Morgan fingerprint density at radius 3 is 2.58 bits per heavy atom. The van der Waals surface area contributed by atoms with E-state index < -0.39 is 6.09 Å². The zero-order valence-electron chi connectivity index (χ0n) is 19.1. The summed E-state index contributed by atoms with van der Waals surface area (Å²) in [6, 6.07) is 3.75. The number of carbonyl (C=O) groups is 1. The first kappa shape index (κ1) is 23.2. The molecule has 0 aliphatic heterocycles. The molecule has 0 spiro atoms. The Morgan fingerprint density at radius 1 is 1.29 bits per heavy atom. The van der Waals surface area contributed by atoms with Gasteiger partial charge in [-0.2, -0.15) is 0 Å². The normalized spacial score (nSPS) is 18.7. The quantitative estimate of drug-likeness (QED) is 0.405. The topological polar surface area (TPSA) is 116 Å². The van der Waals surface area contributed by atoms with Gasteiger partial charge in [0.2, 0.25) is 0 Å². The smallest absolute Gasteiger partial charge is 0.407 e. The molecule has 0 unspecified atom stereocenters. The van der Waals surface area contributed by atoms with Gasteiger partial charge >= 0.3 is 6.09 Å². The van der Waals surface area contributed by atoms with E-state index >= 15 is 0 Å². The van der Waals surface area contributed by atoms with E-state index in [0.29, 0.717) is 23.7 Å². The molecule has 172 valence electrons. The lowest BCUT2D eigenvalue weighted by Gasteiger charge is -2.24. The third-order valence-electron chi connectivity index (χ3n) is 6.51. The molecule has 2 saturated carbocycles. The Balaban J connectivity index is 1.62. The lowest BCUT2D eigenvalue weighted by Crippen LogP contribution is -2.37. The van der Waals surface area contributed by atoms with E-state index in [1.807, 2.05) is 19.1 Å². The number of hydrogen-bond acceptors (Lipinski definition) is 7. The minimum Gasteiger partial charge on any atom is -0.489 e. The summed E-state index contributed by atoms with van der Waals surface area (Å²) >= 11 is 0. The van der Waals surface area contributed by atoms with Crippen LogP contribution in [0.5, 0.6) is 5.75 Å². The zero-order valence-corrected chi connectivity index (χ0v) is 19.1. The zero-order chi connectivity index (χ0) is 22.4. The summed E-state index contributed by atoms with van der Waals surface area (Å²) in [5.74, 6) is 6.77. The van der Waals surface area contributed by atoms with Gasteiger partial charge in [-0.3, -0.25) is 0 Å². The van der Waals surface area contributed by atoms with Crippen molar-refractivity contribution in [3.8, 4) is 5.75 Å². The number of alkyl carbamates (subject to hydrolysis) is 1.